The highest BCUT2D eigenvalue weighted by Crippen LogP contribution is 2.30. The van der Waals surface area contributed by atoms with E-state index in [1.807, 2.05) is 0 Å². The predicted octanol–water partition coefficient (Wildman–Crippen LogP) is 2.07. The maximum absolute atomic E-state index is 13.5. The van der Waals surface area contributed by atoms with Gasteiger partial charge in [0.1, 0.15) is 23.2 Å². The van der Waals surface area contributed by atoms with Gasteiger partial charge in [-0.1, -0.05) is 24.3 Å². The van der Waals surface area contributed by atoms with Crippen molar-refractivity contribution in [1.82, 2.24) is 10.3 Å². The Hall–Kier alpha value is -4.54. The Kier molecular flexibility index (Phi) is 8.50. The molecule has 1 amide bonds. The van der Waals surface area contributed by atoms with E-state index >= 15 is 0 Å². The molecule has 9 nitrogen and oxygen atoms in total. The van der Waals surface area contributed by atoms with Crippen molar-refractivity contribution in [2.45, 2.75) is 24.8 Å². The fraction of sp³-hybridized carbons (Fsp3) is 0.200. The van der Waals surface area contributed by atoms with Gasteiger partial charge in [-0.2, -0.15) is 0 Å². The minimum Gasteiger partial charge on any atom is -0.480 e. The first-order valence-electron chi connectivity index (χ1n) is 11.0. The number of pyridine rings is 1. The third-order valence-corrected chi connectivity index (χ3v) is 5.44. The van der Waals surface area contributed by atoms with Gasteiger partial charge in [0.2, 0.25) is 0 Å². The molecular formula is C25H25F2N5O4. The minimum absolute atomic E-state index is 0.0467. The number of aliphatic carboxylic acids is 1. The first-order chi connectivity index (χ1) is 17.2. The number of aromatic nitrogens is 1. The number of guanidine groups is 1. The van der Waals surface area contributed by atoms with Crippen LogP contribution in [0.15, 0.2) is 70.5 Å². The van der Waals surface area contributed by atoms with Crippen LogP contribution in [0.1, 0.15) is 45.9 Å². The fourth-order valence-electron chi connectivity index (χ4n) is 3.70. The maximum Gasteiger partial charge on any atom is 0.326 e. The number of rotatable bonds is 10. The molecule has 7 N–H and O–H groups in total. The van der Waals surface area contributed by atoms with Gasteiger partial charge in [0, 0.05) is 18.2 Å². The van der Waals surface area contributed by atoms with Crippen molar-refractivity contribution in [1.29, 1.82) is 0 Å². The predicted molar refractivity (Wildman–Crippen MR) is 130 cm³/mol. The molecule has 0 aliphatic carbocycles. The highest BCUT2D eigenvalue weighted by atomic mass is 19.1. The van der Waals surface area contributed by atoms with Crippen molar-refractivity contribution in [3.8, 4) is 0 Å². The molecule has 11 heteroatoms. The van der Waals surface area contributed by atoms with Crippen LogP contribution in [0.4, 0.5) is 8.78 Å². The number of carboxylic acid groups (broad SMARTS) is 1. The van der Waals surface area contributed by atoms with Gasteiger partial charge in [-0.3, -0.25) is 14.6 Å². The van der Waals surface area contributed by atoms with Crippen LogP contribution in [0.5, 0.6) is 0 Å². The van der Waals surface area contributed by atoms with Gasteiger partial charge in [0.05, 0.1) is 0 Å². The Labute approximate surface area is 204 Å². The van der Waals surface area contributed by atoms with E-state index in [0.29, 0.717) is 23.2 Å². The third kappa shape index (κ3) is 6.75. The molecule has 1 atom stereocenters. The molecule has 0 radical (unpaired) electrons. The smallest absolute Gasteiger partial charge is 0.326 e. The number of aromatic amines is 1. The molecule has 0 aliphatic rings. The number of H-pyrrole nitrogens is 1. The summed E-state index contributed by atoms with van der Waals surface area (Å²) in [5.41, 5.74) is 11.1. The molecule has 1 heterocycles. The van der Waals surface area contributed by atoms with Crippen LogP contribution in [-0.4, -0.2) is 40.5 Å². The van der Waals surface area contributed by atoms with Crippen LogP contribution in [0.3, 0.4) is 0 Å². The Morgan fingerprint density at radius 2 is 1.50 bits per heavy atom. The van der Waals surface area contributed by atoms with E-state index in [9.17, 15) is 28.3 Å². The second kappa shape index (κ2) is 11.7. The summed E-state index contributed by atoms with van der Waals surface area (Å²) in [6, 6.07) is 12.8. The fourth-order valence-corrected chi connectivity index (χ4v) is 3.70. The van der Waals surface area contributed by atoms with E-state index in [0.717, 1.165) is 0 Å². The van der Waals surface area contributed by atoms with Gasteiger partial charge in [0.15, 0.2) is 5.96 Å². The number of halogens is 2. The number of nitrogens with zero attached hydrogens (tertiary/aromatic N) is 1. The van der Waals surface area contributed by atoms with Crippen molar-refractivity contribution >= 4 is 17.8 Å². The molecule has 0 saturated carbocycles. The number of carbonyl (C=O) groups is 2. The molecule has 0 saturated heterocycles. The van der Waals surface area contributed by atoms with Gasteiger partial charge < -0.3 is 26.9 Å². The van der Waals surface area contributed by atoms with Crippen molar-refractivity contribution in [3.05, 3.63) is 105 Å². The Morgan fingerprint density at radius 1 is 0.944 bits per heavy atom. The topological polar surface area (TPSA) is 164 Å². The summed E-state index contributed by atoms with van der Waals surface area (Å²) < 4.78 is 27.0. The lowest BCUT2D eigenvalue weighted by Crippen LogP contribution is -2.42. The largest absolute Gasteiger partial charge is 0.480 e. The average molecular weight is 498 g/mol. The lowest BCUT2D eigenvalue weighted by Gasteiger charge is -2.19. The summed E-state index contributed by atoms with van der Waals surface area (Å²) in [5, 5.41) is 11.7. The maximum atomic E-state index is 13.5. The molecule has 1 aromatic heterocycles. The standard InChI is InChI=1S/C25H25F2N5O4/c26-16-7-3-14(4-8-16)21(15-5-9-17(27)10-6-15)19-12-11-18(22(33)31-19)23(34)32-20(24(35)36)2-1-13-30-25(28)29/h3-12,20-21H,1-2,13H2,(H,31,33)(H,32,34)(H,35,36)(H4,28,29,30)/t20-/m0/s1. The number of amides is 1. The average Bonchev–Trinajstić information content (AvgIpc) is 2.83. The number of hydrogen-bond donors (Lipinski definition) is 5. The summed E-state index contributed by atoms with van der Waals surface area (Å²) in [7, 11) is 0. The van der Waals surface area contributed by atoms with Crippen LogP contribution in [0.25, 0.3) is 0 Å². The van der Waals surface area contributed by atoms with Crippen LogP contribution < -0.4 is 22.3 Å². The van der Waals surface area contributed by atoms with Gasteiger partial charge in [-0.15, -0.1) is 0 Å². The number of hydrogen-bond acceptors (Lipinski definition) is 4. The zero-order chi connectivity index (χ0) is 26.2. The Balaban J connectivity index is 1.86. The van der Waals surface area contributed by atoms with Crippen LogP contribution in [0, 0.1) is 11.6 Å². The number of carbonyl (C=O) groups excluding carboxylic acids is 1. The Morgan fingerprint density at radius 3 is 1.97 bits per heavy atom. The molecule has 3 aromatic rings. The molecule has 0 unspecified atom stereocenters. The molecule has 3 rings (SSSR count). The van der Waals surface area contributed by atoms with Crippen molar-refractivity contribution in [2.75, 3.05) is 6.54 Å². The van der Waals surface area contributed by atoms with E-state index in [2.05, 4.69) is 15.3 Å². The molecule has 0 bridgehead atoms. The summed E-state index contributed by atoms with van der Waals surface area (Å²) in [4.78, 5) is 43.4. The second-order valence-corrected chi connectivity index (χ2v) is 8.01. The highest BCUT2D eigenvalue weighted by Gasteiger charge is 2.23. The zero-order valence-electron chi connectivity index (χ0n) is 19.1. The second-order valence-electron chi connectivity index (χ2n) is 8.01. The molecule has 2 aromatic carbocycles. The summed E-state index contributed by atoms with van der Waals surface area (Å²) in [6.45, 7) is 0.186. The van der Waals surface area contributed by atoms with E-state index < -0.39 is 41.0 Å². The summed E-state index contributed by atoms with van der Waals surface area (Å²) in [5.74, 6) is -3.73. The van der Waals surface area contributed by atoms with E-state index in [4.69, 9.17) is 11.5 Å². The molecule has 0 fully saturated rings. The van der Waals surface area contributed by atoms with E-state index in [-0.39, 0.29) is 24.5 Å². The minimum atomic E-state index is -1.27. The van der Waals surface area contributed by atoms with Crippen LogP contribution >= 0.6 is 0 Å². The first kappa shape index (κ1) is 26.1. The van der Waals surface area contributed by atoms with Gasteiger partial charge in [-0.05, 0) is 60.4 Å². The molecule has 0 spiro atoms. The monoisotopic (exact) mass is 497 g/mol. The van der Waals surface area contributed by atoms with Crippen LogP contribution in [0.2, 0.25) is 0 Å². The molecular weight excluding hydrogens is 472 g/mol. The van der Waals surface area contributed by atoms with Crippen molar-refractivity contribution in [3.63, 3.8) is 0 Å². The summed E-state index contributed by atoms with van der Waals surface area (Å²) in [6.07, 6.45) is 0.340. The van der Waals surface area contributed by atoms with Gasteiger partial charge >= 0.3 is 5.97 Å². The number of nitrogens with two attached hydrogens (primary N) is 2. The van der Waals surface area contributed by atoms with Crippen LogP contribution in [-0.2, 0) is 4.79 Å². The normalized spacial score (nSPS) is 11.6. The SMILES string of the molecule is NC(N)=NCCC[C@H](NC(=O)c1ccc(C(c2ccc(F)cc2)c2ccc(F)cc2)[nH]c1=O)C(=O)O. The van der Waals surface area contributed by atoms with Gasteiger partial charge in [0.25, 0.3) is 11.5 Å². The van der Waals surface area contributed by atoms with E-state index in [1.54, 1.807) is 24.3 Å². The molecule has 36 heavy (non-hydrogen) atoms. The van der Waals surface area contributed by atoms with E-state index in [1.165, 1.54) is 36.4 Å². The highest BCUT2D eigenvalue weighted by molar-refractivity contribution is 5.96. The third-order valence-electron chi connectivity index (χ3n) is 5.44. The first-order valence-corrected chi connectivity index (χ1v) is 11.0. The zero-order valence-corrected chi connectivity index (χ0v) is 19.1. The number of benzene rings is 2. The number of nitrogens with one attached hydrogen (secondary N) is 2. The molecule has 0 aliphatic heterocycles. The number of carboxylic acids is 1. The van der Waals surface area contributed by atoms with Gasteiger partial charge in [-0.25, -0.2) is 13.6 Å². The summed E-state index contributed by atoms with van der Waals surface area (Å²) >= 11 is 0. The Bertz CT molecular complexity index is 1260. The number of aliphatic imine (C=N–C) groups is 1. The lowest BCUT2D eigenvalue weighted by atomic mass is 9.88. The van der Waals surface area contributed by atoms with Crippen molar-refractivity contribution < 1.29 is 23.5 Å². The molecule has 188 valence electrons. The quantitative estimate of drug-likeness (QED) is 0.163. The van der Waals surface area contributed by atoms with Crippen molar-refractivity contribution in [2.24, 2.45) is 16.5 Å². The lowest BCUT2D eigenvalue weighted by molar-refractivity contribution is -0.139.